The fourth-order valence-corrected chi connectivity index (χ4v) is 4.51. The summed E-state index contributed by atoms with van der Waals surface area (Å²) < 4.78 is 0. The van der Waals surface area contributed by atoms with E-state index in [-0.39, 0.29) is 23.0 Å². The summed E-state index contributed by atoms with van der Waals surface area (Å²) in [6.45, 7) is 0. The van der Waals surface area contributed by atoms with Crippen LogP contribution >= 0.6 is 0 Å². The molecule has 0 aliphatic heterocycles. The Hall–Kier alpha value is -3.92. The highest BCUT2D eigenvalue weighted by atomic mass is 16.3. The molecule has 1 fully saturated rings. The molecule has 1 aliphatic rings. The monoisotopic (exact) mass is 406 g/mol. The summed E-state index contributed by atoms with van der Waals surface area (Å²) in [5.74, 6) is -0.190. The van der Waals surface area contributed by atoms with Crippen molar-refractivity contribution in [1.29, 1.82) is 0 Å². The van der Waals surface area contributed by atoms with Gasteiger partial charge in [0.15, 0.2) is 0 Å². The summed E-state index contributed by atoms with van der Waals surface area (Å²) in [4.78, 5) is 13.0. The zero-order valence-corrected chi connectivity index (χ0v) is 16.9. The van der Waals surface area contributed by atoms with Crippen molar-refractivity contribution in [2.75, 3.05) is 0 Å². The van der Waals surface area contributed by atoms with Crippen LogP contribution in [0.3, 0.4) is 0 Å². The fourth-order valence-electron chi connectivity index (χ4n) is 4.51. The molecular formula is C27H22N2O2. The molecule has 0 spiro atoms. The molecular weight excluding hydrogens is 384 g/mol. The molecule has 0 aromatic heterocycles. The number of hydrogen-bond acceptors (Lipinski definition) is 3. The number of amides is 1. The van der Waals surface area contributed by atoms with E-state index in [2.05, 4.69) is 34.8 Å². The molecule has 1 saturated carbocycles. The third-order valence-electron chi connectivity index (χ3n) is 6.17. The van der Waals surface area contributed by atoms with E-state index in [1.54, 1.807) is 6.07 Å². The first kappa shape index (κ1) is 19.1. The number of fused-ring (bicyclic) bond motifs is 1. The van der Waals surface area contributed by atoms with E-state index in [1.165, 1.54) is 6.21 Å². The Kier molecular flexibility index (Phi) is 4.75. The van der Waals surface area contributed by atoms with Crippen LogP contribution in [0.25, 0.3) is 10.8 Å². The second kappa shape index (κ2) is 7.73. The van der Waals surface area contributed by atoms with Crippen LogP contribution in [0.15, 0.2) is 102 Å². The molecule has 4 aromatic carbocycles. The number of aromatic hydroxyl groups is 1. The van der Waals surface area contributed by atoms with Crippen LogP contribution in [0.1, 0.15) is 23.1 Å². The van der Waals surface area contributed by atoms with Gasteiger partial charge in [-0.25, -0.2) is 5.43 Å². The molecule has 31 heavy (non-hydrogen) atoms. The lowest BCUT2D eigenvalue weighted by atomic mass is 9.85. The Morgan fingerprint density at radius 1 is 0.871 bits per heavy atom. The number of carbonyl (C=O) groups is 1. The van der Waals surface area contributed by atoms with Gasteiger partial charge in [-0.3, -0.25) is 4.79 Å². The summed E-state index contributed by atoms with van der Waals surface area (Å²) >= 11 is 0. The first-order valence-corrected chi connectivity index (χ1v) is 10.3. The van der Waals surface area contributed by atoms with Crippen molar-refractivity contribution in [3.63, 3.8) is 0 Å². The minimum atomic E-state index is -0.330. The van der Waals surface area contributed by atoms with E-state index in [0.29, 0.717) is 5.56 Å². The van der Waals surface area contributed by atoms with Crippen LogP contribution in [0.2, 0.25) is 0 Å². The first-order chi connectivity index (χ1) is 15.2. The zero-order valence-electron chi connectivity index (χ0n) is 16.9. The van der Waals surface area contributed by atoms with Crippen LogP contribution in [-0.2, 0) is 10.2 Å². The molecule has 2 N–H and O–H groups in total. The highest BCUT2D eigenvalue weighted by Gasteiger charge is 2.60. The number of phenolic OH excluding ortho intramolecular Hbond substituents is 1. The summed E-state index contributed by atoms with van der Waals surface area (Å²) in [6.07, 6.45) is 2.26. The molecule has 1 atom stereocenters. The summed E-state index contributed by atoms with van der Waals surface area (Å²) in [5, 5.41) is 16.3. The van der Waals surface area contributed by atoms with Gasteiger partial charge in [-0.15, -0.1) is 0 Å². The van der Waals surface area contributed by atoms with Gasteiger partial charge in [-0.2, -0.15) is 5.10 Å². The molecule has 1 amide bonds. The van der Waals surface area contributed by atoms with E-state index in [1.807, 2.05) is 66.7 Å². The number of rotatable bonds is 5. The quantitative estimate of drug-likeness (QED) is 0.362. The average molecular weight is 406 g/mol. The van der Waals surface area contributed by atoms with Crippen LogP contribution in [-0.4, -0.2) is 17.2 Å². The van der Waals surface area contributed by atoms with Crippen molar-refractivity contribution in [3.05, 3.63) is 114 Å². The Morgan fingerprint density at radius 3 is 2.16 bits per heavy atom. The number of benzene rings is 4. The molecule has 0 bridgehead atoms. The molecule has 5 rings (SSSR count). The van der Waals surface area contributed by atoms with E-state index < -0.39 is 0 Å². The minimum Gasteiger partial charge on any atom is -0.507 e. The predicted molar refractivity (Wildman–Crippen MR) is 123 cm³/mol. The Labute approximate surface area is 180 Å². The van der Waals surface area contributed by atoms with Crippen molar-refractivity contribution in [1.82, 2.24) is 5.43 Å². The molecule has 0 unspecified atom stereocenters. The number of phenols is 1. The van der Waals surface area contributed by atoms with E-state index in [4.69, 9.17) is 0 Å². The fraction of sp³-hybridized carbons (Fsp3) is 0.111. The van der Waals surface area contributed by atoms with Gasteiger partial charge in [-0.05, 0) is 34.4 Å². The molecule has 0 heterocycles. The summed E-state index contributed by atoms with van der Waals surface area (Å²) in [7, 11) is 0. The number of nitrogens with one attached hydrogen (secondary N) is 1. The van der Waals surface area contributed by atoms with Crippen molar-refractivity contribution >= 4 is 22.9 Å². The number of carbonyl (C=O) groups excluding carboxylic acids is 1. The van der Waals surface area contributed by atoms with Crippen molar-refractivity contribution in [2.45, 2.75) is 11.8 Å². The number of hydrogen-bond donors (Lipinski definition) is 2. The van der Waals surface area contributed by atoms with Gasteiger partial charge >= 0.3 is 0 Å². The van der Waals surface area contributed by atoms with Crippen LogP contribution in [0.5, 0.6) is 5.75 Å². The zero-order chi connectivity index (χ0) is 21.3. The molecule has 4 heteroatoms. The first-order valence-electron chi connectivity index (χ1n) is 10.3. The topological polar surface area (TPSA) is 61.7 Å². The maximum Gasteiger partial charge on any atom is 0.244 e. The maximum atomic E-state index is 13.0. The average Bonchev–Trinajstić information content (AvgIpc) is 3.59. The Morgan fingerprint density at radius 2 is 1.48 bits per heavy atom. The standard InChI is InChI=1S/C27H22N2O2/c30-25-16-15-19-9-7-8-14-22(19)23(25)18-28-29-26(31)24-17-27(24,20-10-3-1-4-11-20)21-12-5-2-6-13-21/h1-16,18,24,30H,17H2,(H,29,31)/b28-18+/t24-/m1/s1. The maximum absolute atomic E-state index is 13.0. The third kappa shape index (κ3) is 3.36. The van der Waals surface area contributed by atoms with E-state index in [0.717, 1.165) is 28.3 Å². The largest absolute Gasteiger partial charge is 0.507 e. The van der Waals surface area contributed by atoms with Gasteiger partial charge in [0.05, 0.1) is 12.1 Å². The molecule has 4 nitrogen and oxygen atoms in total. The summed E-state index contributed by atoms with van der Waals surface area (Å²) in [5.41, 5.74) is 5.23. The smallest absolute Gasteiger partial charge is 0.244 e. The van der Waals surface area contributed by atoms with Crippen molar-refractivity contribution in [3.8, 4) is 5.75 Å². The lowest BCUT2D eigenvalue weighted by Gasteiger charge is -2.18. The Bertz CT molecular complexity index is 1230. The lowest BCUT2D eigenvalue weighted by molar-refractivity contribution is -0.122. The van der Waals surface area contributed by atoms with Gasteiger partial charge < -0.3 is 5.11 Å². The molecule has 4 aromatic rings. The molecule has 0 saturated heterocycles. The molecule has 152 valence electrons. The van der Waals surface area contributed by atoms with Crippen LogP contribution in [0, 0.1) is 5.92 Å². The van der Waals surface area contributed by atoms with E-state index >= 15 is 0 Å². The van der Waals surface area contributed by atoms with Gasteiger partial charge in [0.2, 0.25) is 5.91 Å². The second-order valence-electron chi connectivity index (χ2n) is 7.91. The highest BCUT2D eigenvalue weighted by molar-refractivity contribution is 6.02. The number of hydrazone groups is 1. The predicted octanol–water partition coefficient (Wildman–Crippen LogP) is 5.00. The SMILES string of the molecule is O=C(N/N=C/c1c(O)ccc2ccccc12)[C@H]1CC1(c1ccccc1)c1ccccc1. The molecule has 0 radical (unpaired) electrons. The van der Waals surface area contributed by atoms with Crippen LogP contribution in [0.4, 0.5) is 0 Å². The van der Waals surface area contributed by atoms with Gasteiger partial charge in [0.25, 0.3) is 0 Å². The molecule has 1 aliphatic carbocycles. The second-order valence-corrected chi connectivity index (χ2v) is 7.91. The Balaban J connectivity index is 1.40. The highest BCUT2D eigenvalue weighted by Crippen LogP contribution is 2.58. The van der Waals surface area contributed by atoms with Gasteiger partial charge in [0.1, 0.15) is 5.75 Å². The summed E-state index contributed by atoms with van der Waals surface area (Å²) in [6, 6.07) is 31.6. The van der Waals surface area contributed by atoms with Crippen LogP contribution < -0.4 is 5.43 Å². The minimum absolute atomic E-state index is 0.122. The van der Waals surface area contributed by atoms with Crippen molar-refractivity contribution in [2.24, 2.45) is 11.0 Å². The number of nitrogens with zero attached hydrogens (tertiary/aromatic N) is 1. The van der Waals surface area contributed by atoms with Gasteiger partial charge in [-0.1, -0.05) is 91.0 Å². The normalized spacial score (nSPS) is 17.0. The lowest BCUT2D eigenvalue weighted by Crippen LogP contribution is -2.25. The third-order valence-corrected chi connectivity index (χ3v) is 6.17. The van der Waals surface area contributed by atoms with Crippen molar-refractivity contribution < 1.29 is 9.90 Å². The van der Waals surface area contributed by atoms with E-state index in [9.17, 15) is 9.90 Å². The van der Waals surface area contributed by atoms with Gasteiger partial charge in [0, 0.05) is 11.0 Å².